The zero-order valence-corrected chi connectivity index (χ0v) is 17.2. The van der Waals surface area contributed by atoms with Gasteiger partial charge in [0.15, 0.2) is 0 Å². The monoisotopic (exact) mass is 412 g/mol. The Morgan fingerprint density at radius 3 is 2.50 bits per heavy atom. The summed E-state index contributed by atoms with van der Waals surface area (Å²) >= 11 is 6.16. The maximum absolute atomic E-state index is 12.1. The lowest BCUT2D eigenvalue weighted by Gasteiger charge is -2.38. The van der Waals surface area contributed by atoms with E-state index in [-0.39, 0.29) is 6.04 Å². The summed E-state index contributed by atoms with van der Waals surface area (Å²) < 4.78 is 0. The van der Waals surface area contributed by atoms with E-state index in [1.54, 1.807) is 0 Å². The second-order valence-corrected chi connectivity index (χ2v) is 8.11. The number of para-hydroxylation sites is 1. The lowest BCUT2D eigenvalue weighted by Crippen LogP contribution is -2.36. The fourth-order valence-corrected chi connectivity index (χ4v) is 4.63. The van der Waals surface area contributed by atoms with Crippen LogP contribution in [-0.4, -0.2) is 22.4 Å². The van der Waals surface area contributed by atoms with Gasteiger partial charge < -0.3 is 9.88 Å². The molecule has 0 fully saturated rings. The van der Waals surface area contributed by atoms with Crippen LogP contribution in [0.5, 0.6) is 0 Å². The van der Waals surface area contributed by atoms with Crippen LogP contribution < -0.4 is 0 Å². The van der Waals surface area contributed by atoms with Crippen molar-refractivity contribution in [3.63, 3.8) is 0 Å². The van der Waals surface area contributed by atoms with Crippen LogP contribution in [0, 0.1) is 0 Å². The van der Waals surface area contributed by atoms with Crippen molar-refractivity contribution in [1.82, 2.24) is 9.88 Å². The summed E-state index contributed by atoms with van der Waals surface area (Å²) in [4.78, 5) is 17.9. The number of nitrogens with zero attached hydrogens (tertiary/aromatic N) is 1. The normalized spacial score (nSPS) is 15.6. The number of hydrogen-bond donors (Lipinski definition) is 1. The Morgan fingerprint density at radius 1 is 1.00 bits per heavy atom. The first-order valence-corrected chi connectivity index (χ1v) is 10.5. The highest BCUT2D eigenvalue weighted by Gasteiger charge is 2.33. The van der Waals surface area contributed by atoms with E-state index in [1.807, 2.05) is 60.7 Å². The molecule has 30 heavy (non-hydrogen) atoms. The van der Waals surface area contributed by atoms with Crippen molar-refractivity contribution >= 4 is 28.4 Å². The number of allylic oxidation sites excluding steroid dienone is 1. The molecule has 0 radical (unpaired) electrons. The molecule has 3 nitrogen and oxygen atoms in total. The minimum absolute atomic E-state index is 0.0846. The third-order valence-electron chi connectivity index (χ3n) is 5.90. The predicted octanol–water partition coefficient (Wildman–Crippen LogP) is 5.73. The number of hydrogen-bond acceptors (Lipinski definition) is 2. The average molecular weight is 413 g/mol. The second-order valence-electron chi connectivity index (χ2n) is 7.67. The van der Waals surface area contributed by atoms with Crippen LogP contribution in [0.2, 0.25) is 5.02 Å². The summed E-state index contributed by atoms with van der Waals surface area (Å²) in [6.45, 7) is 0.763. The Kier molecular flexibility index (Phi) is 4.92. The van der Waals surface area contributed by atoms with Gasteiger partial charge in [-0.2, -0.15) is 0 Å². The first kappa shape index (κ1) is 18.7. The molecular weight excluding hydrogens is 392 g/mol. The molecule has 5 rings (SSSR count). The number of aromatic nitrogens is 1. The van der Waals surface area contributed by atoms with Crippen LogP contribution >= 0.6 is 11.6 Å². The number of carbonyl (C=O) groups excluding carboxylic acids is 1. The van der Waals surface area contributed by atoms with Gasteiger partial charge in [-0.15, -0.1) is 0 Å². The summed E-state index contributed by atoms with van der Waals surface area (Å²) in [6.07, 6.45) is 1.44. The van der Waals surface area contributed by atoms with Gasteiger partial charge in [0, 0.05) is 34.6 Å². The smallest absolute Gasteiger partial charge is 0.146 e. The van der Waals surface area contributed by atoms with Gasteiger partial charge in [-0.25, -0.2) is 4.79 Å². The fourth-order valence-electron chi connectivity index (χ4n) is 4.51. The van der Waals surface area contributed by atoms with Crippen LogP contribution in [0.4, 0.5) is 0 Å². The van der Waals surface area contributed by atoms with Crippen molar-refractivity contribution in [1.29, 1.82) is 0 Å². The number of fused-ring (bicyclic) bond motifs is 3. The number of halogens is 1. The second kappa shape index (κ2) is 7.87. The summed E-state index contributed by atoms with van der Waals surface area (Å²) in [6, 6.07) is 26.3. The van der Waals surface area contributed by atoms with Gasteiger partial charge in [-0.05, 0) is 41.3 Å². The van der Waals surface area contributed by atoms with Gasteiger partial charge >= 0.3 is 0 Å². The Labute approximate surface area is 180 Å². The molecule has 0 amide bonds. The van der Waals surface area contributed by atoms with E-state index in [9.17, 15) is 4.79 Å². The number of H-pyrrole nitrogens is 1. The molecule has 4 heteroatoms. The molecule has 3 aromatic carbocycles. The lowest BCUT2D eigenvalue weighted by atomic mass is 9.91. The topological polar surface area (TPSA) is 36.1 Å². The van der Waals surface area contributed by atoms with E-state index >= 15 is 0 Å². The molecule has 1 unspecified atom stereocenters. The van der Waals surface area contributed by atoms with Crippen LogP contribution in [-0.2, 0) is 17.6 Å². The quantitative estimate of drug-likeness (QED) is 0.435. The molecule has 1 aliphatic rings. The number of benzene rings is 3. The first-order valence-electron chi connectivity index (χ1n) is 10.1. The Morgan fingerprint density at radius 2 is 1.73 bits per heavy atom. The maximum Gasteiger partial charge on any atom is 0.146 e. The summed E-state index contributed by atoms with van der Waals surface area (Å²) in [5, 5.41) is 1.96. The minimum Gasteiger partial charge on any atom is -0.356 e. The van der Waals surface area contributed by atoms with Crippen molar-refractivity contribution in [2.24, 2.45) is 0 Å². The molecule has 2 heterocycles. The zero-order chi connectivity index (χ0) is 20.5. The third-order valence-corrected chi connectivity index (χ3v) is 6.15. The standard InChI is InChI=1S/C26H21ClN2O/c27-20-12-10-19(11-13-20)26-25-23(22-8-4-5-9-24(22)28-25)14-15-29(26)21(17-30)16-18-6-2-1-3-7-18/h1-13,26,28H,14-16H2. The van der Waals surface area contributed by atoms with Crippen molar-refractivity contribution in [2.45, 2.75) is 18.9 Å². The molecule has 1 aromatic heterocycles. The van der Waals surface area contributed by atoms with E-state index in [0.29, 0.717) is 17.1 Å². The fraction of sp³-hybridized carbons (Fsp3) is 0.154. The first-order chi connectivity index (χ1) is 14.7. The molecule has 1 N–H and O–H groups in total. The van der Waals surface area contributed by atoms with Crippen LogP contribution in [0.15, 0.2) is 84.6 Å². The van der Waals surface area contributed by atoms with Gasteiger partial charge in [0.05, 0.1) is 6.04 Å². The molecule has 0 saturated carbocycles. The molecule has 0 spiro atoms. The van der Waals surface area contributed by atoms with Gasteiger partial charge in [-0.1, -0.05) is 72.3 Å². The van der Waals surface area contributed by atoms with Gasteiger partial charge in [0.25, 0.3) is 0 Å². The van der Waals surface area contributed by atoms with E-state index in [2.05, 4.69) is 34.0 Å². The Hall–Kier alpha value is -3.26. The third kappa shape index (κ3) is 3.33. The average Bonchev–Trinajstić information content (AvgIpc) is 3.17. The highest BCUT2D eigenvalue weighted by atomic mass is 35.5. The minimum atomic E-state index is -0.0846. The van der Waals surface area contributed by atoms with Gasteiger partial charge in [0.1, 0.15) is 11.6 Å². The van der Waals surface area contributed by atoms with E-state index in [0.717, 1.165) is 35.3 Å². The molecule has 148 valence electrons. The number of aromatic amines is 1. The van der Waals surface area contributed by atoms with Crippen molar-refractivity contribution in [3.05, 3.63) is 112 Å². The highest BCUT2D eigenvalue weighted by molar-refractivity contribution is 6.30. The molecule has 1 aliphatic heterocycles. The number of rotatable bonds is 4. The van der Waals surface area contributed by atoms with E-state index in [4.69, 9.17) is 11.6 Å². The van der Waals surface area contributed by atoms with Crippen LogP contribution in [0.3, 0.4) is 0 Å². The van der Waals surface area contributed by atoms with Crippen molar-refractivity contribution < 1.29 is 4.79 Å². The Balaban J connectivity index is 1.63. The largest absolute Gasteiger partial charge is 0.356 e. The van der Waals surface area contributed by atoms with E-state index in [1.165, 1.54) is 10.9 Å². The molecule has 4 aromatic rings. The Bertz CT molecular complexity index is 1240. The highest BCUT2D eigenvalue weighted by Crippen LogP contribution is 2.40. The summed E-state index contributed by atoms with van der Waals surface area (Å²) in [5.41, 5.74) is 6.48. The van der Waals surface area contributed by atoms with E-state index < -0.39 is 0 Å². The molecule has 0 aliphatic carbocycles. The molecule has 0 bridgehead atoms. The molecular formula is C26H21ClN2O. The summed E-state index contributed by atoms with van der Waals surface area (Å²) in [7, 11) is 0. The summed E-state index contributed by atoms with van der Waals surface area (Å²) in [5.74, 6) is 2.25. The van der Waals surface area contributed by atoms with Gasteiger partial charge in [0.2, 0.25) is 0 Å². The zero-order valence-electron chi connectivity index (χ0n) is 16.4. The predicted molar refractivity (Wildman–Crippen MR) is 121 cm³/mol. The van der Waals surface area contributed by atoms with Crippen LogP contribution in [0.1, 0.15) is 28.4 Å². The van der Waals surface area contributed by atoms with Gasteiger partial charge in [-0.3, -0.25) is 0 Å². The van der Waals surface area contributed by atoms with Crippen molar-refractivity contribution in [2.75, 3.05) is 6.54 Å². The SMILES string of the molecule is O=C=C(Cc1ccccc1)N1CCc2c([nH]c3ccccc23)C1c1ccc(Cl)cc1. The molecule has 0 saturated heterocycles. The lowest BCUT2D eigenvalue weighted by molar-refractivity contribution is 0.267. The van der Waals surface area contributed by atoms with Crippen molar-refractivity contribution in [3.8, 4) is 0 Å². The number of nitrogens with one attached hydrogen (secondary N) is 1. The molecule has 1 atom stereocenters. The van der Waals surface area contributed by atoms with Crippen LogP contribution in [0.25, 0.3) is 10.9 Å². The maximum atomic E-state index is 12.1.